The van der Waals surface area contributed by atoms with E-state index in [9.17, 15) is 9.18 Å². The maximum Gasteiger partial charge on any atom is 0.325 e. The monoisotopic (exact) mass is 466 g/mol. The van der Waals surface area contributed by atoms with Crippen LogP contribution >= 0.6 is 11.3 Å². The van der Waals surface area contributed by atoms with Gasteiger partial charge in [0.25, 0.3) is 0 Å². The lowest BCUT2D eigenvalue weighted by atomic mass is 9.93. The summed E-state index contributed by atoms with van der Waals surface area (Å²) in [4.78, 5) is 25.2. The predicted molar refractivity (Wildman–Crippen MR) is 127 cm³/mol. The number of carbonyl (C=O) groups is 1. The summed E-state index contributed by atoms with van der Waals surface area (Å²) in [6.07, 6.45) is 3.44. The molecule has 1 fully saturated rings. The summed E-state index contributed by atoms with van der Waals surface area (Å²) in [7, 11) is 0. The lowest BCUT2D eigenvalue weighted by Gasteiger charge is -2.14. The molecule has 1 aliphatic rings. The van der Waals surface area contributed by atoms with Crippen LogP contribution in [-0.4, -0.2) is 30.8 Å². The van der Waals surface area contributed by atoms with Crippen molar-refractivity contribution >= 4 is 45.0 Å². The molecule has 4 N–H and O–H groups in total. The molecule has 0 spiro atoms. The number of halogens is 1. The zero-order chi connectivity index (χ0) is 23.3. The maximum absolute atomic E-state index is 14.9. The summed E-state index contributed by atoms with van der Waals surface area (Å²) >= 11 is 1.32. The summed E-state index contributed by atoms with van der Waals surface area (Å²) < 4.78 is 16.8. The topological polar surface area (TPSA) is 124 Å². The van der Waals surface area contributed by atoms with Crippen LogP contribution in [0.4, 0.5) is 25.8 Å². The third kappa shape index (κ3) is 4.11. The number of urea groups is 1. The van der Waals surface area contributed by atoms with Gasteiger partial charge in [0.05, 0.1) is 22.8 Å². The highest BCUT2D eigenvalue weighted by atomic mass is 32.1. The number of hydrogen-bond donors (Lipinski definition) is 3. The van der Waals surface area contributed by atoms with Gasteiger partial charge >= 0.3 is 6.03 Å². The van der Waals surface area contributed by atoms with Gasteiger partial charge in [-0.2, -0.15) is 5.10 Å². The number of anilines is 3. The third-order valence-corrected chi connectivity index (χ3v) is 6.15. The quantitative estimate of drug-likeness (QED) is 0.391. The van der Waals surface area contributed by atoms with Crippen molar-refractivity contribution in [2.45, 2.75) is 45.1 Å². The van der Waals surface area contributed by atoms with Gasteiger partial charge in [0.15, 0.2) is 10.8 Å². The molecule has 3 aromatic heterocycles. The van der Waals surface area contributed by atoms with E-state index in [4.69, 9.17) is 5.73 Å². The van der Waals surface area contributed by atoms with Crippen LogP contribution in [0.1, 0.15) is 45.3 Å². The van der Waals surface area contributed by atoms with Gasteiger partial charge in [0.1, 0.15) is 23.7 Å². The summed E-state index contributed by atoms with van der Waals surface area (Å²) in [5.41, 5.74) is 8.57. The second kappa shape index (κ2) is 7.77. The lowest BCUT2D eigenvalue weighted by Crippen LogP contribution is -2.20. The number of amides is 2. The normalized spacial score (nSPS) is 13.9. The Kier molecular flexibility index (Phi) is 5.00. The molecule has 0 bridgehead atoms. The summed E-state index contributed by atoms with van der Waals surface area (Å²) in [5.74, 6) is -0.302. The molecular formula is C22H23FN8OS. The second-order valence-corrected chi connectivity index (χ2v) is 9.90. The molecular weight excluding hydrogens is 443 g/mol. The Morgan fingerprint density at radius 1 is 1.24 bits per heavy atom. The highest BCUT2D eigenvalue weighted by Gasteiger charge is 2.29. The molecule has 1 saturated carbocycles. The number of carbonyl (C=O) groups excluding carboxylic acids is 1. The van der Waals surface area contributed by atoms with Gasteiger partial charge < -0.3 is 11.1 Å². The Morgan fingerprint density at radius 3 is 2.70 bits per heavy atom. The van der Waals surface area contributed by atoms with Crippen LogP contribution in [0.25, 0.3) is 22.3 Å². The molecule has 1 aromatic carbocycles. The maximum atomic E-state index is 14.9. The third-order valence-electron chi connectivity index (χ3n) is 5.39. The van der Waals surface area contributed by atoms with Crippen molar-refractivity contribution in [1.29, 1.82) is 0 Å². The van der Waals surface area contributed by atoms with Crippen molar-refractivity contribution in [3.63, 3.8) is 0 Å². The van der Waals surface area contributed by atoms with E-state index < -0.39 is 11.8 Å². The SMILES string of the molecule is CC(C)(C)c1csc(NC(=O)Nc2ccc(-c3nn(C4CC4)c4ncnc(N)c34)cc2F)n1. The van der Waals surface area contributed by atoms with Crippen molar-refractivity contribution in [3.05, 3.63) is 41.4 Å². The van der Waals surface area contributed by atoms with Gasteiger partial charge in [-0.05, 0) is 25.0 Å². The number of aromatic nitrogens is 5. The number of rotatable bonds is 4. The molecule has 3 heterocycles. The zero-order valence-corrected chi connectivity index (χ0v) is 19.2. The Hall–Kier alpha value is -3.60. The van der Waals surface area contributed by atoms with Crippen molar-refractivity contribution in [1.82, 2.24) is 24.7 Å². The summed E-state index contributed by atoms with van der Waals surface area (Å²) in [5, 5.41) is 12.8. The van der Waals surface area contributed by atoms with Gasteiger partial charge in [0, 0.05) is 16.4 Å². The first-order valence-electron chi connectivity index (χ1n) is 10.5. The number of nitrogens with two attached hydrogens (primary N) is 1. The van der Waals surface area contributed by atoms with E-state index in [-0.39, 0.29) is 17.1 Å². The van der Waals surface area contributed by atoms with E-state index >= 15 is 0 Å². The van der Waals surface area contributed by atoms with Crippen molar-refractivity contribution in [3.8, 4) is 11.3 Å². The second-order valence-electron chi connectivity index (χ2n) is 9.04. The minimum atomic E-state index is -0.596. The van der Waals surface area contributed by atoms with Gasteiger partial charge in [-0.3, -0.25) is 5.32 Å². The summed E-state index contributed by atoms with van der Waals surface area (Å²) in [6.45, 7) is 6.12. The highest BCUT2D eigenvalue weighted by molar-refractivity contribution is 7.14. The minimum absolute atomic E-state index is 0.0407. The van der Waals surface area contributed by atoms with E-state index in [1.807, 2.05) is 30.8 Å². The molecule has 0 radical (unpaired) electrons. The molecule has 4 aromatic rings. The number of hydrogen-bond acceptors (Lipinski definition) is 7. The van der Waals surface area contributed by atoms with Crippen molar-refractivity contribution < 1.29 is 9.18 Å². The van der Waals surface area contributed by atoms with E-state index in [0.29, 0.717) is 33.2 Å². The number of fused-ring (bicyclic) bond motifs is 1. The Balaban J connectivity index is 1.38. The first kappa shape index (κ1) is 21.3. The Labute approximate surface area is 193 Å². The van der Waals surface area contributed by atoms with Gasteiger partial charge in [-0.15, -0.1) is 11.3 Å². The van der Waals surface area contributed by atoms with Crippen LogP contribution in [0.5, 0.6) is 0 Å². The fourth-order valence-corrected chi connectivity index (χ4v) is 4.39. The van der Waals surface area contributed by atoms with Gasteiger partial charge in [-0.1, -0.05) is 26.8 Å². The van der Waals surface area contributed by atoms with Gasteiger partial charge in [-0.25, -0.2) is 28.8 Å². The number of nitrogens with zero attached hydrogens (tertiary/aromatic N) is 5. The van der Waals surface area contributed by atoms with Gasteiger partial charge in [0.2, 0.25) is 0 Å². The lowest BCUT2D eigenvalue weighted by molar-refractivity contribution is 0.262. The van der Waals surface area contributed by atoms with Crippen LogP contribution in [0, 0.1) is 5.82 Å². The number of thiazole rings is 1. The average molecular weight is 467 g/mol. The first-order valence-corrected chi connectivity index (χ1v) is 11.4. The molecule has 0 atom stereocenters. The molecule has 0 unspecified atom stereocenters. The standard InChI is InChI=1S/C22H23FN8OS/c1-22(2,3)15-9-33-21(28-15)29-20(32)27-14-7-4-11(8-13(14)23)17-16-18(24)25-10-26-19(16)31(30-17)12-5-6-12/h4,7-10,12H,5-6H2,1-3H3,(H2,24,25,26)(H2,27,28,29,32). The highest BCUT2D eigenvalue weighted by Crippen LogP contribution is 2.40. The van der Waals surface area contributed by atoms with Crippen LogP contribution in [0.15, 0.2) is 29.9 Å². The fraction of sp³-hybridized carbons (Fsp3) is 0.318. The van der Waals surface area contributed by atoms with E-state index in [1.165, 1.54) is 29.8 Å². The smallest absolute Gasteiger partial charge is 0.325 e. The number of nitrogens with one attached hydrogen (secondary N) is 2. The van der Waals surface area contributed by atoms with Crippen molar-refractivity contribution in [2.75, 3.05) is 16.4 Å². The molecule has 11 heteroatoms. The molecule has 0 saturated heterocycles. The fourth-order valence-electron chi connectivity index (χ4n) is 3.46. The molecule has 33 heavy (non-hydrogen) atoms. The van der Waals surface area contributed by atoms with E-state index in [0.717, 1.165) is 18.5 Å². The van der Waals surface area contributed by atoms with Crippen LogP contribution in [0.2, 0.25) is 0 Å². The predicted octanol–water partition coefficient (Wildman–Crippen LogP) is 4.95. The molecule has 1 aliphatic carbocycles. The Bertz CT molecular complexity index is 1370. The van der Waals surface area contributed by atoms with Crippen LogP contribution < -0.4 is 16.4 Å². The summed E-state index contributed by atoms with van der Waals surface area (Å²) in [6, 6.07) is 4.20. The zero-order valence-electron chi connectivity index (χ0n) is 18.4. The molecule has 5 rings (SSSR count). The van der Waals surface area contributed by atoms with Crippen LogP contribution in [0.3, 0.4) is 0 Å². The molecule has 2 amide bonds. The average Bonchev–Trinajstić information content (AvgIpc) is 3.34. The van der Waals surface area contributed by atoms with Crippen molar-refractivity contribution in [2.24, 2.45) is 0 Å². The van der Waals surface area contributed by atoms with E-state index in [1.54, 1.807) is 6.07 Å². The minimum Gasteiger partial charge on any atom is -0.383 e. The Morgan fingerprint density at radius 2 is 2.03 bits per heavy atom. The largest absolute Gasteiger partial charge is 0.383 e. The molecule has 0 aliphatic heterocycles. The molecule has 170 valence electrons. The van der Waals surface area contributed by atoms with Crippen LogP contribution in [-0.2, 0) is 5.41 Å². The number of benzene rings is 1. The first-order chi connectivity index (χ1) is 15.7. The molecule has 9 nitrogen and oxygen atoms in total. The number of nitrogen functional groups attached to an aromatic ring is 1. The van der Waals surface area contributed by atoms with E-state index in [2.05, 4.69) is 30.7 Å².